The van der Waals surface area contributed by atoms with Crippen molar-refractivity contribution >= 4 is 5.91 Å². The van der Waals surface area contributed by atoms with Crippen LogP contribution in [-0.4, -0.2) is 35.1 Å². The maximum atomic E-state index is 12.7. The molecule has 86 valence electrons. The maximum Gasteiger partial charge on any atom is 0.256 e. The van der Waals surface area contributed by atoms with E-state index in [0.717, 1.165) is 18.4 Å². The van der Waals surface area contributed by atoms with Crippen LogP contribution in [-0.2, 0) is 0 Å². The van der Waals surface area contributed by atoms with Gasteiger partial charge in [-0.1, -0.05) is 0 Å². The lowest BCUT2D eigenvalue weighted by molar-refractivity contribution is 0.0715. The van der Waals surface area contributed by atoms with E-state index in [1.54, 1.807) is 23.4 Å². The SMILES string of the molecule is Cc1ccncc1C(=O)N1CCC[C@@H]1CF. The van der Waals surface area contributed by atoms with Gasteiger partial charge < -0.3 is 4.90 Å². The summed E-state index contributed by atoms with van der Waals surface area (Å²) in [5.41, 5.74) is 1.48. The molecular formula is C12H15FN2O. The first-order valence-electron chi connectivity index (χ1n) is 5.51. The lowest BCUT2D eigenvalue weighted by Gasteiger charge is -2.22. The van der Waals surface area contributed by atoms with Gasteiger partial charge in [0.2, 0.25) is 0 Å². The average Bonchev–Trinajstić information content (AvgIpc) is 2.77. The number of alkyl halides is 1. The van der Waals surface area contributed by atoms with Gasteiger partial charge in [0, 0.05) is 18.9 Å². The third-order valence-corrected chi connectivity index (χ3v) is 3.09. The Bertz CT molecular complexity index is 394. The van der Waals surface area contributed by atoms with E-state index in [2.05, 4.69) is 4.98 Å². The molecule has 1 aliphatic heterocycles. The van der Waals surface area contributed by atoms with Crippen LogP contribution in [0.1, 0.15) is 28.8 Å². The van der Waals surface area contributed by atoms with Crippen LogP contribution in [0.3, 0.4) is 0 Å². The van der Waals surface area contributed by atoms with Gasteiger partial charge in [0.15, 0.2) is 0 Å². The molecule has 0 N–H and O–H groups in total. The molecule has 1 amide bonds. The highest BCUT2D eigenvalue weighted by atomic mass is 19.1. The van der Waals surface area contributed by atoms with Gasteiger partial charge >= 0.3 is 0 Å². The van der Waals surface area contributed by atoms with Crippen molar-refractivity contribution in [1.29, 1.82) is 0 Å². The van der Waals surface area contributed by atoms with Crippen LogP contribution < -0.4 is 0 Å². The molecule has 2 heterocycles. The molecule has 0 bridgehead atoms. The minimum Gasteiger partial charge on any atom is -0.333 e. The molecule has 0 spiro atoms. The summed E-state index contributed by atoms with van der Waals surface area (Å²) in [5, 5.41) is 0. The first-order chi connectivity index (χ1) is 7.74. The molecule has 4 heteroatoms. The topological polar surface area (TPSA) is 33.2 Å². The third kappa shape index (κ3) is 1.92. The first kappa shape index (κ1) is 11.0. The van der Waals surface area contributed by atoms with Gasteiger partial charge in [-0.25, -0.2) is 4.39 Å². The minimum atomic E-state index is -0.453. The zero-order valence-electron chi connectivity index (χ0n) is 9.32. The Morgan fingerprint density at radius 1 is 1.69 bits per heavy atom. The number of rotatable bonds is 2. The van der Waals surface area contributed by atoms with Crippen LogP contribution in [0, 0.1) is 6.92 Å². The molecule has 1 aliphatic rings. The summed E-state index contributed by atoms with van der Waals surface area (Å²) in [4.78, 5) is 17.7. The Morgan fingerprint density at radius 2 is 2.50 bits per heavy atom. The second-order valence-corrected chi connectivity index (χ2v) is 4.14. The largest absolute Gasteiger partial charge is 0.333 e. The fraction of sp³-hybridized carbons (Fsp3) is 0.500. The van der Waals surface area contributed by atoms with Crippen molar-refractivity contribution in [2.45, 2.75) is 25.8 Å². The van der Waals surface area contributed by atoms with E-state index >= 15 is 0 Å². The highest BCUT2D eigenvalue weighted by Crippen LogP contribution is 2.21. The first-order valence-corrected chi connectivity index (χ1v) is 5.51. The van der Waals surface area contributed by atoms with Gasteiger partial charge in [-0.15, -0.1) is 0 Å². The van der Waals surface area contributed by atoms with Crippen LogP contribution in [0.15, 0.2) is 18.5 Å². The normalized spacial score (nSPS) is 20.1. The van der Waals surface area contributed by atoms with E-state index in [1.165, 1.54) is 0 Å². The molecule has 1 saturated heterocycles. The van der Waals surface area contributed by atoms with Crippen LogP contribution in [0.5, 0.6) is 0 Å². The van der Waals surface area contributed by atoms with Crippen molar-refractivity contribution in [1.82, 2.24) is 9.88 Å². The van der Waals surface area contributed by atoms with E-state index in [1.807, 2.05) is 6.92 Å². The van der Waals surface area contributed by atoms with E-state index in [9.17, 15) is 9.18 Å². The van der Waals surface area contributed by atoms with Crippen molar-refractivity contribution in [3.8, 4) is 0 Å². The number of pyridine rings is 1. The van der Waals surface area contributed by atoms with Crippen molar-refractivity contribution in [2.75, 3.05) is 13.2 Å². The summed E-state index contributed by atoms with van der Waals surface area (Å²) >= 11 is 0. The lowest BCUT2D eigenvalue weighted by Crippen LogP contribution is -2.37. The summed E-state index contributed by atoms with van der Waals surface area (Å²) < 4.78 is 12.7. The maximum absolute atomic E-state index is 12.7. The van der Waals surface area contributed by atoms with E-state index in [4.69, 9.17) is 0 Å². The van der Waals surface area contributed by atoms with Crippen LogP contribution in [0.4, 0.5) is 4.39 Å². The number of amides is 1. The second kappa shape index (κ2) is 4.60. The minimum absolute atomic E-state index is 0.0919. The Labute approximate surface area is 94.3 Å². The van der Waals surface area contributed by atoms with Gasteiger partial charge in [-0.2, -0.15) is 0 Å². The Hall–Kier alpha value is -1.45. The fourth-order valence-corrected chi connectivity index (χ4v) is 2.11. The summed E-state index contributed by atoms with van der Waals surface area (Å²) in [6.45, 7) is 2.07. The third-order valence-electron chi connectivity index (χ3n) is 3.09. The van der Waals surface area contributed by atoms with Crippen LogP contribution >= 0.6 is 0 Å². The zero-order valence-corrected chi connectivity index (χ0v) is 9.32. The molecule has 1 fully saturated rings. The number of aromatic nitrogens is 1. The highest BCUT2D eigenvalue weighted by molar-refractivity contribution is 5.95. The van der Waals surface area contributed by atoms with Crippen molar-refractivity contribution in [3.63, 3.8) is 0 Å². The van der Waals surface area contributed by atoms with Gasteiger partial charge in [-0.05, 0) is 31.4 Å². The summed E-state index contributed by atoms with van der Waals surface area (Å²) in [6.07, 6.45) is 4.87. The second-order valence-electron chi connectivity index (χ2n) is 4.14. The van der Waals surface area contributed by atoms with Gasteiger partial charge in [0.05, 0.1) is 11.6 Å². The van der Waals surface area contributed by atoms with Crippen LogP contribution in [0.2, 0.25) is 0 Å². The molecule has 0 unspecified atom stereocenters. The number of carbonyl (C=O) groups is 1. The molecule has 0 saturated carbocycles. The number of nitrogens with zero attached hydrogens (tertiary/aromatic N) is 2. The van der Waals surface area contributed by atoms with Crippen molar-refractivity contribution in [3.05, 3.63) is 29.6 Å². The van der Waals surface area contributed by atoms with E-state index in [0.29, 0.717) is 12.1 Å². The molecule has 0 aromatic carbocycles. The van der Waals surface area contributed by atoms with Crippen LogP contribution in [0.25, 0.3) is 0 Å². The Morgan fingerprint density at radius 3 is 3.19 bits per heavy atom. The Balaban J connectivity index is 2.22. The number of aryl methyl sites for hydroxylation is 1. The fourth-order valence-electron chi connectivity index (χ4n) is 2.11. The predicted octanol–water partition coefficient (Wildman–Crippen LogP) is 1.96. The highest BCUT2D eigenvalue weighted by Gasteiger charge is 2.29. The van der Waals surface area contributed by atoms with Crippen molar-refractivity contribution < 1.29 is 9.18 Å². The average molecular weight is 222 g/mol. The summed E-state index contributed by atoms with van der Waals surface area (Å²) in [7, 11) is 0. The zero-order chi connectivity index (χ0) is 11.5. The number of hydrogen-bond donors (Lipinski definition) is 0. The molecule has 1 aromatic rings. The number of likely N-dealkylation sites (tertiary alicyclic amines) is 1. The monoisotopic (exact) mass is 222 g/mol. The number of halogens is 1. The molecule has 1 aromatic heterocycles. The molecule has 16 heavy (non-hydrogen) atoms. The van der Waals surface area contributed by atoms with Gasteiger partial charge in [0.25, 0.3) is 5.91 Å². The van der Waals surface area contributed by atoms with Gasteiger partial charge in [-0.3, -0.25) is 9.78 Å². The molecule has 0 radical (unpaired) electrons. The predicted molar refractivity (Wildman–Crippen MR) is 59.0 cm³/mol. The summed E-state index contributed by atoms with van der Waals surface area (Å²) in [5.74, 6) is -0.0919. The van der Waals surface area contributed by atoms with E-state index < -0.39 is 6.67 Å². The summed E-state index contributed by atoms with van der Waals surface area (Å²) in [6, 6.07) is 1.56. The number of hydrogen-bond acceptors (Lipinski definition) is 2. The number of carbonyl (C=O) groups excluding carboxylic acids is 1. The standard InChI is InChI=1S/C12H15FN2O/c1-9-4-5-14-8-11(9)12(16)15-6-2-3-10(15)7-13/h4-5,8,10H,2-3,6-7H2,1H3/t10-/m1/s1. The Kier molecular flexibility index (Phi) is 3.17. The molecule has 0 aliphatic carbocycles. The molecular weight excluding hydrogens is 207 g/mol. The smallest absolute Gasteiger partial charge is 0.256 e. The van der Waals surface area contributed by atoms with Crippen molar-refractivity contribution in [2.24, 2.45) is 0 Å². The molecule has 3 nitrogen and oxygen atoms in total. The molecule has 1 atom stereocenters. The quantitative estimate of drug-likeness (QED) is 0.766. The van der Waals surface area contributed by atoms with E-state index in [-0.39, 0.29) is 11.9 Å². The van der Waals surface area contributed by atoms with Gasteiger partial charge in [0.1, 0.15) is 6.67 Å². The molecule has 2 rings (SSSR count). The lowest BCUT2D eigenvalue weighted by atomic mass is 10.1.